The average Bonchev–Trinajstić information content (AvgIpc) is 2.70. The summed E-state index contributed by atoms with van der Waals surface area (Å²) in [5, 5.41) is 3.55. The lowest BCUT2D eigenvalue weighted by Crippen LogP contribution is -2.43. The van der Waals surface area contributed by atoms with Gasteiger partial charge in [0, 0.05) is 12.3 Å². The molecule has 1 aliphatic heterocycles. The quantitative estimate of drug-likeness (QED) is 0.905. The van der Waals surface area contributed by atoms with Crippen molar-refractivity contribution in [1.82, 2.24) is 10.2 Å². The molecule has 1 aromatic carbocycles. The van der Waals surface area contributed by atoms with Crippen LogP contribution in [0, 0.1) is 6.92 Å². The molecule has 1 aromatic rings. The highest BCUT2D eigenvalue weighted by atomic mass is 32.2. The Balaban J connectivity index is 2.34. The molecule has 4 heteroatoms. The van der Waals surface area contributed by atoms with Crippen molar-refractivity contribution >= 4 is 17.7 Å². The van der Waals surface area contributed by atoms with E-state index in [0.717, 1.165) is 18.7 Å². The van der Waals surface area contributed by atoms with Crippen LogP contribution in [0.25, 0.3) is 0 Å². The number of rotatable bonds is 5. The molecule has 1 N–H and O–H groups in total. The van der Waals surface area contributed by atoms with Crippen molar-refractivity contribution in [2.45, 2.75) is 38.9 Å². The van der Waals surface area contributed by atoms with Crippen molar-refractivity contribution in [3.05, 3.63) is 35.4 Å². The van der Waals surface area contributed by atoms with E-state index in [-0.39, 0.29) is 12.1 Å². The molecular formula is C16H24N2OS. The molecule has 0 spiro atoms. The average molecular weight is 292 g/mol. The molecule has 2 rings (SSSR count). The molecule has 20 heavy (non-hydrogen) atoms. The summed E-state index contributed by atoms with van der Waals surface area (Å²) in [4.78, 5) is 14.7. The number of thioether (sulfide) groups is 1. The van der Waals surface area contributed by atoms with Crippen molar-refractivity contribution in [1.29, 1.82) is 0 Å². The lowest BCUT2D eigenvalue weighted by Gasteiger charge is -2.25. The number of amides is 1. The van der Waals surface area contributed by atoms with Gasteiger partial charge in [-0.1, -0.05) is 31.2 Å². The van der Waals surface area contributed by atoms with Crippen LogP contribution in [0.2, 0.25) is 0 Å². The van der Waals surface area contributed by atoms with Gasteiger partial charge in [-0.05, 0) is 37.7 Å². The molecule has 1 heterocycles. The number of carbonyl (C=O) groups excluding carboxylic acids is 1. The van der Waals surface area contributed by atoms with Crippen LogP contribution in [0.15, 0.2) is 24.3 Å². The van der Waals surface area contributed by atoms with Gasteiger partial charge in [0.05, 0.1) is 5.54 Å². The first-order valence-corrected chi connectivity index (χ1v) is 8.56. The van der Waals surface area contributed by atoms with E-state index in [1.807, 2.05) is 24.0 Å². The van der Waals surface area contributed by atoms with E-state index in [1.165, 1.54) is 11.1 Å². The van der Waals surface area contributed by atoms with E-state index in [9.17, 15) is 4.79 Å². The first-order chi connectivity index (χ1) is 9.53. The van der Waals surface area contributed by atoms with Crippen LogP contribution in [0.4, 0.5) is 0 Å². The van der Waals surface area contributed by atoms with Crippen LogP contribution in [0.3, 0.4) is 0 Å². The monoisotopic (exact) mass is 292 g/mol. The number of hydrogen-bond donors (Lipinski definition) is 1. The molecule has 0 aromatic heterocycles. The molecule has 0 saturated carbocycles. The summed E-state index contributed by atoms with van der Waals surface area (Å²) in [5.74, 6) is 1.19. The minimum Gasteiger partial charge on any atom is -0.320 e. The molecule has 0 aliphatic carbocycles. The Kier molecular flexibility index (Phi) is 4.76. The topological polar surface area (TPSA) is 32.3 Å². The first kappa shape index (κ1) is 15.4. The minimum atomic E-state index is -0.439. The third kappa shape index (κ3) is 2.72. The fourth-order valence-electron chi connectivity index (χ4n) is 2.69. The molecule has 2 unspecified atom stereocenters. The van der Waals surface area contributed by atoms with Gasteiger partial charge in [-0.25, -0.2) is 0 Å². The maximum absolute atomic E-state index is 12.7. The van der Waals surface area contributed by atoms with Gasteiger partial charge >= 0.3 is 0 Å². The van der Waals surface area contributed by atoms with Gasteiger partial charge in [-0.2, -0.15) is 11.8 Å². The number of benzene rings is 1. The fraction of sp³-hybridized carbons (Fsp3) is 0.562. The minimum absolute atomic E-state index is 0.000741. The predicted molar refractivity (Wildman–Crippen MR) is 85.8 cm³/mol. The highest BCUT2D eigenvalue weighted by Crippen LogP contribution is 2.33. The second-order valence-corrected chi connectivity index (χ2v) is 6.57. The Labute approximate surface area is 126 Å². The van der Waals surface area contributed by atoms with E-state index in [0.29, 0.717) is 0 Å². The molecule has 1 fully saturated rings. The molecule has 3 nitrogen and oxygen atoms in total. The highest BCUT2D eigenvalue weighted by Gasteiger charge is 2.47. The second kappa shape index (κ2) is 6.19. The van der Waals surface area contributed by atoms with E-state index in [4.69, 9.17) is 0 Å². The van der Waals surface area contributed by atoms with Crippen LogP contribution in [0.5, 0.6) is 0 Å². The summed E-state index contributed by atoms with van der Waals surface area (Å²) in [7, 11) is 0. The zero-order valence-corrected chi connectivity index (χ0v) is 13.6. The normalized spacial score (nSPS) is 26.3. The Morgan fingerprint density at radius 1 is 1.40 bits per heavy atom. The zero-order chi connectivity index (χ0) is 14.8. The molecule has 0 bridgehead atoms. The summed E-state index contributed by atoms with van der Waals surface area (Å²) in [6.07, 6.45) is 2.89. The molecule has 0 radical (unpaired) electrons. The lowest BCUT2D eigenvalue weighted by atomic mass is 9.99. The predicted octanol–water partition coefficient (Wildman–Crippen LogP) is 2.96. The first-order valence-electron chi connectivity index (χ1n) is 7.16. The van der Waals surface area contributed by atoms with Crippen molar-refractivity contribution in [3.8, 4) is 0 Å². The third-order valence-corrected chi connectivity index (χ3v) is 4.82. The van der Waals surface area contributed by atoms with Gasteiger partial charge in [0.25, 0.3) is 0 Å². The van der Waals surface area contributed by atoms with Gasteiger partial charge in [-0.15, -0.1) is 0 Å². The van der Waals surface area contributed by atoms with Crippen molar-refractivity contribution < 1.29 is 4.79 Å². The Morgan fingerprint density at radius 2 is 2.10 bits per heavy atom. The summed E-state index contributed by atoms with van der Waals surface area (Å²) < 4.78 is 0. The van der Waals surface area contributed by atoms with Gasteiger partial charge < -0.3 is 4.90 Å². The Bertz CT molecular complexity index is 491. The second-order valence-electron chi connectivity index (χ2n) is 5.58. The molecule has 110 valence electrons. The van der Waals surface area contributed by atoms with Crippen LogP contribution < -0.4 is 5.32 Å². The van der Waals surface area contributed by atoms with Gasteiger partial charge in [-0.3, -0.25) is 10.1 Å². The fourth-order valence-corrected chi connectivity index (χ4v) is 3.07. The number of hydrogen-bond acceptors (Lipinski definition) is 3. The van der Waals surface area contributed by atoms with E-state index >= 15 is 0 Å². The lowest BCUT2D eigenvalue weighted by molar-refractivity contribution is -0.132. The van der Waals surface area contributed by atoms with Crippen molar-refractivity contribution in [2.24, 2.45) is 0 Å². The number of aryl methyl sites for hydroxylation is 1. The van der Waals surface area contributed by atoms with E-state index in [1.54, 1.807) is 11.8 Å². The molecule has 1 amide bonds. The van der Waals surface area contributed by atoms with E-state index < -0.39 is 5.54 Å². The van der Waals surface area contributed by atoms with Gasteiger partial charge in [0.1, 0.15) is 6.17 Å². The Morgan fingerprint density at radius 3 is 2.70 bits per heavy atom. The maximum atomic E-state index is 12.7. The standard InChI is InChI=1S/C16H24N2OS/c1-5-16(3)15(19)18(10-11-20-4)14(17-16)13-9-7-6-8-12(13)2/h6-9,14,17H,5,10-11H2,1-4H3. The summed E-state index contributed by atoms with van der Waals surface area (Å²) in [6, 6.07) is 8.31. The van der Waals surface area contributed by atoms with Crippen LogP contribution >= 0.6 is 11.8 Å². The van der Waals surface area contributed by atoms with Crippen molar-refractivity contribution in [3.63, 3.8) is 0 Å². The zero-order valence-electron chi connectivity index (χ0n) is 12.8. The number of carbonyl (C=O) groups is 1. The highest BCUT2D eigenvalue weighted by molar-refractivity contribution is 7.98. The van der Waals surface area contributed by atoms with Crippen LogP contribution in [-0.2, 0) is 4.79 Å². The summed E-state index contributed by atoms with van der Waals surface area (Å²) >= 11 is 1.78. The van der Waals surface area contributed by atoms with Gasteiger partial charge in [0.2, 0.25) is 5.91 Å². The number of nitrogens with one attached hydrogen (secondary N) is 1. The number of nitrogens with zero attached hydrogens (tertiary/aromatic N) is 1. The largest absolute Gasteiger partial charge is 0.320 e. The summed E-state index contributed by atoms with van der Waals surface area (Å²) in [5.41, 5.74) is 2.00. The molecule has 1 saturated heterocycles. The van der Waals surface area contributed by atoms with Crippen molar-refractivity contribution in [2.75, 3.05) is 18.6 Å². The maximum Gasteiger partial charge on any atom is 0.244 e. The van der Waals surface area contributed by atoms with E-state index in [2.05, 4.69) is 37.6 Å². The molecule has 2 atom stereocenters. The van der Waals surface area contributed by atoms with Crippen LogP contribution in [0.1, 0.15) is 37.6 Å². The van der Waals surface area contributed by atoms with Gasteiger partial charge in [0.15, 0.2) is 0 Å². The molecule has 1 aliphatic rings. The van der Waals surface area contributed by atoms with Crippen LogP contribution in [-0.4, -0.2) is 34.9 Å². The third-order valence-electron chi connectivity index (χ3n) is 4.23. The molecular weight excluding hydrogens is 268 g/mol. The summed E-state index contributed by atoms with van der Waals surface area (Å²) in [6.45, 7) is 6.98. The Hall–Kier alpha value is -1.00. The SMILES string of the molecule is CCC1(C)NC(c2ccccc2C)N(CCSC)C1=O. The smallest absolute Gasteiger partial charge is 0.244 e.